The number of hydrogen-bond acceptors (Lipinski definition) is 8. The van der Waals surface area contributed by atoms with Crippen molar-refractivity contribution in [3.05, 3.63) is 52.0 Å². The number of aromatic nitrogens is 1. The normalized spacial score (nSPS) is 11.2. The number of esters is 1. The highest BCUT2D eigenvalue weighted by atomic mass is 32.1. The molecule has 11 heteroatoms. The van der Waals surface area contributed by atoms with Gasteiger partial charge in [0.2, 0.25) is 11.8 Å². The van der Waals surface area contributed by atoms with Crippen LogP contribution in [0.2, 0.25) is 0 Å². The molecule has 0 aliphatic heterocycles. The predicted molar refractivity (Wildman–Crippen MR) is 112 cm³/mol. The average molecular weight is 449 g/mol. The molecule has 0 fully saturated rings. The van der Waals surface area contributed by atoms with Gasteiger partial charge >= 0.3 is 12.1 Å². The molecule has 1 heterocycles. The Hall–Kier alpha value is -3.47. The first-order chi connectivity index (χ1) is 14.9. The van der Waals surface area contributed by atoms with Crippen LogP contribution in [0.25, 0.3) is 0 Å². The van der Waals surface area contributed by atoms with Crippen LogP contribution < -0.4 is 16.0 Å². The number of benzene rings is 1. The largest absolute Gasteiger partial charge is 0.461 e. The lowest BCUT2D eigenvalue weighted by Crippen LogP contribution is -2.42. The molecule has 0 aliphatic carbocycles. The molecule has 31 heavy (non-hydrogen) atoms. The number of nitrogens with zero attached hydrogens (tertiary/aromatic N) is 1. The Morgan fingerprint density at radius 3 is 2.45 bits per heavy atom. The Labute approximate surface area is 183 Å². The number of carbonyl (C=O) groups excluding carboxylic acids is 4. The first-order valence-electron chi connectivity index (χ1n) is 9.52. The maximum atomic E-state index is 12.0. The number of carbonyl (C=O) groups is 4. The highest BCUT2D eigenvalue weighted by Gasteiger charge is 2.17. The number of alkyl carbamates (subject to hydrolysis) is 1. The fraction of sp³-hybridized carbons (Fsp3) is 0.350. The molecule has 0 spiro atoms. The van der Waals surface area contributed by atoms with Crippen LogP contribution in [0, 0.1) is 0 Å². The molecule has 1 atom stereocenters. The maximum absolute atomic E-state index is 12.0. The van der Waals surface area contributed by atoms with Crippen molar-refractivity contribution in [2.45, 2.75) is 26.5 Å². The van der Waals surface area contributed by atoms with Crippen LogP contribution >= 0.6 is 11.3 Å². The van der Waals surface area contributed by atoms with Gasteiger partial charge in [-0.15, -0.1) is 11.3 Å². The minimum absolute atomic E-state index is 0.0865. The van der Waals surface area contributed by atoms with Gasteiger partial charge in [0.25, 0.3) is 0 Å². The second-order valence-corrected chi connectivity index (χ2v) is 7.16. The van der Waals surface area contributed by atoms with E-state index in [0.29, 0.717) is 5.01 Å². The summed E-state index contributed by atoms with van der Waals surface area (Å²) in [7, 11) is 0. The summed E-state index contributed by atoms with van der Waals surface area (Å²) in [5.74, 6) is -1.51. The summed E-state index contributed by atoms with van der Waals surface area (Å²) in [5, 5.41) is 9.46. The molecular weight excluding hydrogens is 424 g/mol. The second kappa shape index (κ2) is 12.3. The number of rotatable bonds is 10. The van der Waals surface area contributed by atoms with E-state index in [9.17, 15) is 19.2 Å². The molecule has 0 saturated carbocycles. The Morgan fingerprint density at radius 1 is 1.03 bits per heavy atom. The molecular formula is C20H24N4O6S. The van der Waals surface area contributed by atoms with Crippen LogP contribution in [0.3, 0.4) is 0 Å². The van der Waals surface area contributed by atoms with Crippen molar-refractivity contribution in [2.75, 3.05) is 19.7 Å². The van der Waals surface area contributed by atoms with Crippen molar-refractivity contribution in [1.29, 1.82) is 0 Å². The SMILES string of the molecule is CCOC(=O)c1csc(C(C)NC(=O)CNC(=O)CNC(=O)OCc2ccccc2)n1. The zero-order valence-electron chi connectivity index (χ0n) is 17.2. The van der Waals surface area contributed by atoms with Crippen molar-refractivity contribution in [3.8, 4) is 0 Å². The van der Waals surface area contributed by atoms with Crippen LogP contribution in [0.15, 0.2) is 35.7 Å². The smallest absolute Gasteiger partial charge is 0.407 e. The summed E-state index contributed by atoms with van der Waals surface area (Å²) < 4.78 is 9.87. The van der Waals surface area contributed by atoms with E-state index in [1.54, 1.807) is 19.2 Å². The minimum atomic E-state index is -0.738. The molecule has 1 aromatic carbocycles. The standard InChI is InChI=1S/C20H24N4O6S/c1-3-29-19(27)15-12-31-18(24-15)13(2)23-17(26)10-21-16(25)9-22-20(28)30-11-14-7-5-4-6-8-14/h4-8,12-13H,3,9-11H2,1-2H3,(H,21,25)(H,22,28)(H,23,26). The lowest BCUT2D eigenvalue weighted by Gasteiger charge is -2.12. The van der Waals surface area contributed by atoms with Crippen molar-refractivity contribution >= 4 is 35.2 Å². The Balaban J connectivity index is 1.65. The van der Waals surface area contributed by atoms with E-state index < -0.39 is 29.9 Å². The molecule has 3 N–H and O–H groups in total. The van der Waals surface area contributed by atoms with Gasteiger partial charge in [-0.3, -0.25) is 9.59 Å². The zero-order chi connectivity index (χ0) is 22.6. The second-order valence-electron chi connectivity index (χ2n) is 6.27. The maximum Gasteiger partial charge on any atom is 0.407 e. The lowest BCUT2D eigenvalue weighted by atomic mass is 10.2. The zero-order valence-corrected chi connectivity index (χ0v) is 18.0. The van der Waals surface area contributed by atoms with E-state index in [4.69, 9.17) is 9.47 Å². The number of hydrogen-bond donors (Lipinski definition) is 3. The average Bonchev–Trinajstić information content (AvgIpc) is 3.26. The highest BCUT2D eigenvalue weighted by Crippen LogP contribution is 2.18. The number of nitrogens with one attached hydrogen (secondary N) is 3. The van der Waals surface area contributed by atoms with Crippen LogP contribution in [0.4, 0.5) is 4.79 Å². The van der Waals surface area contributed by atoms with Crippen molar-refractivity contribution in [3.63, 3.8) is 0 Å². The van der Waals surface area contributed by atoms with Gasteiger partial charge in [-0.05, 0) is 19.4 Å². The monoisotopic (exact) mass is 448 g/mol. The Kier molecular flexibility index (Phi) is 9.43. The summed E-state index contributed by atoms with van der Waals surface area (Å²) >= 11 is 1.22. The van der Waals surface area contributed by atoms with E-state index in [2.05, 4.69) is 20.9 Å². The summed E-state index contributed by atoms with van der Waals surface area (Å²) in [4.78, 5) is 51.2. The summed E-state index contributed by atoms with van der Waals surface area (Å²) in [6.45, 7) is 3.13. The lowest BCUT2D eigenvalue weighted by molar-refractivity contribution is -0.125. The van der Waals surface area contributed by atoms with E-state index in [0.717, 1.165) is 5.56 Å². The van der Waals surface area contributed by atoms with E-state index >= 15 is 0 Å². The van der Waals surface area contributed by atoms with Crippen LogP contribution in [-0.4, -0.2) is 48.6 Å². The molecule has 166 valence electrons. The topological polar surface area (TPSA) is 136 Å². The molecule has 2 rings (SSSR count). The van der Waals surface area contributed by atoms with Gasteiger partial charge in [0, 0.05) is 5.38 Å². The molecule has 0 bridgehead atoms. The molecule has 1 aromatic heterocycles. The van der Waals surface area contributed by atoms with E-state index in [-0.39, 0.29) is 32.0 Å². The highest BCUT2D eigenvalue weighted by molar-refractivity contribution is 7.09. The van der Waals surface area contributed by atoms with Crippen molar-refractivity contribution in [1.82, 2.24) is 20.9 Å². The van der Waals surface area contributed by atoms with E-state index in [1.807, 2.05) is 30.3 Å². The number of ether oxygens (including phenoxy) is 2. The predicted octanol–water partition coefficient (Wildman–Crippen LogP) is 1.54. The van der Waals surface area contributed by atoms with Gasteiger partial charge in [-0.25, -0.2) is 14.6 Å². The molecule has 1 unspecified atom stereocenters. The van der Waals surface area contributed by atoms with E-state index in [1.165, 1.54) is 11.3 Å². The quantitative estimate of drug-likeness (QED) is 0.469. The first-order valence-corrected chi connectivity index (χ1v) is 10.4. The summed E-state index contributed by atoms with van der Waals surface area (Å²) in [5.41, 5.74) is 1.00. The molecule has 0 radical (unpaired) electrons. The summed E-state index contributed by atoms with van der Waals surface area (Å²) in [6, 6.07) is 8.66. The third kappa shape index (κ3) is 8.42. The number of amides is 3. The van der Waals surface area contributed by atoms with Gasteiger partial charge in [-0.2, -0.15) is 0 Å². The first kappa shape index (κ1) is 23.8. The Morgan fingerprint density at radius 2 is 1.74 bits per heavy atom. The van der Waals surface area contributed by atoms with Crippen LogP contribution in [-0.2, 0) is 25.7 Å². The molecule has 3 amide bonds. The van der Waals surface area contributed by atoms with Gasteiger partial charge in [0.15, 0.2) is 5.69 Å². The third-order valence-corrected chi connectivity index (χ3v) is 4.83. The Bertz CT molecular complexity index is 902. The third-order valence-electron chi connectivity index (χ3n) is 3.81. The molecule has 10 nitrogen and oxygen atoms in total. The fourth-order valence-electron chi connectivity index (χ4n) is 2.31. The summed E-state index contributed by atoms with van der Waals surface area (Å²) in [6.07, 6.45) is -0.738. The van der Waals surface area contributed by atoms with Crippen molar-refractivity contribution in [2.24, 2.45) is 0 Å². The molecule has 2 aromatic rings. The van der Waals surface area contributed by atoms with Crippen molar-refractivity contribution < 1.29 is 28.7 Å². The molecule has 0 saturated heterocycles. The molecule has 0 aliphatic rings. The number of thiazole rings is 1. The fourth-order valence-corrected chi connectivity index (χ4v) is 3.10. The van der Waals surface area contributed by atoms with Gasteiger partial charge in [0.1, 0.15) is 18.2 Å². The van der Waals surface area contributed by atoms with Gasteiger partial charge in [-0.1, -0.05) is 30.3 Å². The van der Waals surface area contributed by atoms with Crippen LogP contribution in [0.1, 0.15) is 40.9 Å². The van der Waals surface area contributed by atoms with Crippen LogP contribution in [0.5, 0.6) is 0 Å². The van der Waals surface area contributed by atoms with Gasteiger partial charge < -0.3 is 25.4 Å². The van der Waals surface area contributed by atoms with Gasteiger partial charge in [0.05, 0.1) is 19.2 Å². The minimum Gasteiger partial charge on any atom is -0.461 e.